The highest BCUT2D eigenvalue weighted by Crippen LogP contribution is 2.43. The van der Waals surface area contributed by atoms with Crippen molar-refractivity contribution in [3.05, 3.63) is 0 Å². The van der Waals surface area contributed by atoms with Crippen molar-refractivity contribution in [3.8, 4) is 0 Å². The van der Waals surface area contributed by atoms with Gasteiger partial charge >= 0.3 is 0 Å². The maximum atomic E-state index is 13.0. The molecule has 1 aliphatic rings. The molecule has 0 aromatic rings. The van der Waals surface area contributed by atoms with E-state index in [0.29, 0.717) is 5.92 Å². The Morgan fingerprint density at radius 1 is 1.19 bits per heavy atom. The molecule has 0 heterocycles. The summed E-state index contributed by atoms with van der Waals surface area (Å²) >= 11 is 0. The van der Waals surface area contributed by atoms with Crippen molar-refractivity contribution < 1.29 is 8.42 Å². The molecule has 1 aliphatic carbocycles. The largest absolute Gasteiger partial charge is 0.316 e. The van der Waals surface area contributed by atoms with Gasteiger partial charge in [-0.05, 0) is 50.5 Å². The van der Waals surface area contributed by atoms with E-state index in [4.69, 9.17) is 0 Å². The summed E-state index contributed by atoms with van der Waals surface area (Å²) in [6, 6.07) is 0.111. The molecule has 21 heavy (non-hydrogen) atoms. The van der Waals surface area contributed by atoms with Crippen LogP contribution >= 0.6 is 0 Å². The molecule has 0 bridgehead atoms. The number of hydrogen-bond donors (Lipinski definition) is 1. The van der Waals surface area contributed by atoms with Gasteiger partial charge in [0.2, 0.25) is 0 Å². The van der Waals surface area contributed by atoms with Crippen molar-refractivity contribution in [1.82, 2.24) is 5.32 Å². The topological polar surface area (TPSA) is 46.2 Å². The smallest absolute Gasteiger partial charge is 0.157 e. The molecule has 0 saturated heterocycles. The molecule has 126 valence electrons. The van der Waals surface area contributed by atoms with Gasteiger partial charge in [-0.25, -0.2) is 8.42 Å². The number of hydrogen-bond acceptors (Lipinski definition) is 3. The fourth-order valence-corrected chi connectivity index (χ4v) is 6.02. The summed E-state index contributed by atoms with van der Waals surface area (Å²) in [4.78, 5) is 0. The first-order valence-electron chi connectivity index (χ1n) is 8.47. The Labute approximate surface area is 132 Å². The van der Waals surface area contributed by atoms with E-state index in [1.165, 1.54) is 0 Å². The number of nitrogens with one attached hydrogen (secondary N) is 1. The predicted molar refractivity (Wildman–Crippen MR) is 91.3 cm³/mol. The molecule has 3 nitrogen and oxygen atoms in total. The van der Waals surface area contributed by atoms with E-state index in [1.54, 1.807) is 0 Å². The van der Waals surface area contributed by atoms with E-state index in [2.05, 4.69) is 26.1 Å². The monoisotopic (exact) mass is 317 g/mol. The third-order valence-electron chi connectivity index (χ3n) is 6.06. The second kappa shape index (κ2) is 6.99. The standard InChI is InChI=1S/C17H35NO2S/c1-8-17(5,6)14-9-10-15(18-7)16(11-14)21(19,20)13(4)12(2)3/h12-16,18H,8-11H2,1-7H3. The Hall–Kier alpha value is -0.0900. The highest BCUT2D eigenvalue weighted by molar-refractivity contribution is 7.92. The lowest BCUT2D eigenvalue weighted by molar-refractivity contribution is 0.140. The summed E-state index contributed by atoms with van der Waals surface area (Å²) in [7, 11) is -1.19. The van der Waals surface area contributed by atoms with Gasteiger partial charge in [-0.2, -0.15) is 0 Å². The zero-order valence-electron chi connectivity index (χ0n) is 14.9. The zero-order valence-corrected chi connectivity index (χ0v) is 15.8. The van der Waals surface area contributed by atoms with Gasteiger partial charge in [0, 0.05) is 6.04 Å². The third-order valence-corrected chi connectivity index (χ3v) is 9.00. The van der Waals surface area contributed by atoms with E-state index in [1.807, 2.05) is 27.8 Å². The maximum absolute atomic E-state index is 13.0. The molecule has 1 rings (SSSR count). The fraction of sp³-hybridized carbons (Fsp3) is 1.00. The van der Waals surface area contributed by atoms with Gasteiger partial charge in [-0.15, -0.1) is 0 Å². The lowest BCUT2D eigenvalue weighted by Gasteiger charge is -2.43. The summed E-state index contributed by atoms with van der Waals surface area (Å²) in [6.45, 7) is 12.7. The predicted octanol–water partition coefficient (Wildman–Crippen LogP) is 3.64. The second-order valence-electron chi connectivity index (χ2n) is 7.82. The summed E-state index contributed by atoms with van der Waals surface area (Å²) in [5.74, 6) is 0.679. The molecule has 0 spiro atoms. The van der Waals surface area contributed by atoms with Crippen LogP contribution < -0.4 is 5.32 Å². The molecular weight excluding hydrogens is 282 g/mol. The first-order valence-corrected chi connectivity index (χ1v) is 10.1. The highest BCUT2D eigenvalue weighted by Gasteiger charge is 2.44. The highest BCUT2D eigenvalue weighted by atomic mass is 32.2. The van der Waals surface area contributed by atoms with Crippen molar-refractivity contribution in [2.45, 2.75) is 83.8 Å². The average molecular weight is 318 g/mol. The molecule has 4 atom stereocenters. The van der Waals surface area contributed by atoms with Crippen LogP contribution in [0.15, 0.2) is 0 Å². The van der Waals surface area contributed by atoms with Crippen LogP contribution in [0.4, 0.5) is 0 Å². The number of rotatable bonds is 6. The van der Waals surface area contributed by atoms with Gasteiger partial charge in [-0.1, -0.05) is 41.0 Å². The molecule has 0 radical (unpaired) electrons. The maximum Gasteiger partial charge on any atom is 0.157 e. The van der Waals surface area contributed by atoms with Crippen LogP contribution in [0, 0.1) is 17.3 Å². The summed E-state index contributed by atoms with van der Waals surface area (Å²) < 4.78 is 26.0. The first kappa shape index (κ1) is 19.0. The van der Waals surface area contributed by atoms with Crippen molar-refractivity contribution in [3.63, 3.8) is 0 Å². The van der Waals surface area contributed by atoms with Crippen LogP contribution in [-0.4, -0.2) is 32.0 Å². The Morgan fingerprint density at radius 2 is 1.76 bits per heavy atom. The molecule has 4 heteroatoms. The van der Waals surface area contributed by atoms with Crippen molar-refractivity contribution in [1.29, 1.82) is 0 Å². The van der Waals surface area contributed by atoms with Crippen molar-refractivity contribution >= 4 is 9.84 Å². The van der Waals surface area contributed by atoms with E-state index in [0.717, 1.165) is 25.7 Å². The van der Waals surface area contributed by atoms with Crippen LogP contribution in [0.25, 0.3) is 0 Å². The first-order chi connectivity index (χ1) is 9.57. The van der Waals surface area contributed by atoms with Crippen LogP contribution in [0.3, 0.4) is 0 Å². The number of sulfone groups is 1. The van der Waals surface area contributed by atoms with Crippen molar-refractivity contribution in [2.75, 3.05) is 7.05 Å². The van der Waals surface area contributed by atoms with E-state index >= 15 is 0 Å². The summed E-state index contributed by atoms with van der Waals surface area (Å²) in [5.41, 5.74) is 0.230. The summed E-state index contributed by atoms with van der Waals surface area (Å²) in [6.07, 6.45) is 4.02. The molecule has 0 aliphatic heterocycles. The van der Waals surface area contributed by atoms with Crippen LogP contribution in [-0.2, 0) is 9.84 Å². The normalized spacial score (nSPS) is 29.6. The Balaban J connectivity index is 3.05. The fourth-order valence-electron chi connectivity index (χ4n) is 3.48. The Kier molecular flexibility index (Phi) is 6.31. The van der Waals surface area contributed by atoms with Crippen LogP contribution in [0.1, 0.15) is 67.2 Å². The lowest BCUT2D eigenvalue weighted by atomic mass is 9.68. The van der Waals surface area contributed by atoms with E-state index in [-0.39, 0.29) is 27.9 Å². The Morgan fingerprint density at radius 3 is 2.19 bits per heavy atom. The molecule has 1 fully saturated rings. The summed E-state index contributed by atoms with van der Waals surface area (Å²) in [5, 5.41) is 2.77. The van der Waals surface area contributed by atoms with Crippen LogP contribution in [0.2, 0.25) is 0 Å². The lowest BCUT2D eigenvalue weighted by Crippen LogP contribution is -2.51. The quantitative estimate of drug-likeness (QED) is 0.813. The molecule has 0 amide bonds. The second-order valence-corrected chi connectivity index (χ2v) is 10.4. The third kappa shape index (κ3) is 4.01. The minimum atomic E-state index is -3.09. The molecule has 0 aromatic carbocycles. The SMILES string of the molecule is CCC(C)(C)C1CCC(NC)C(S(=O)(=O)C(C)C(C)C)C1. The molecule has 0 aromatic heterocycles. The van der Waals surface area contributed by atoms with Crippen molar-refractivity contribution in [2.24, 2.45) is 17.3 Å². The molecule has 1 saturated carbocycles. The van der Waals surface area contributed by atoms with Crippen LogP contribution in [0.5, 0.6) is 0 Å². The van der Waals surface area contributed by atoms with Gasteiger partial charge in [0.05, 0.1) is 10.5 Å². The van der Waals surface area contributed by atoms with Gasteiger partial charge in [0.1, 0.15) is 0 Å². The van der Waals surface area contributed by atoms with Gasteiger partial charge in [0.15, 0.2) is 9.84 Å². The van der Waals surface area contributed by atoms with Gasteiger partial charge < -0.3 is 5.32 Å². The van der Waals surface area contributed by atoms with Gasteiger partial charge in [0.25, 0.3) is 0 Å². The molecule has 1 N–H and O–H groups in total. The average Bonchev–Trinajstić information content (AvgIpc) is 2.45. The minimum absolute atomic E-state index is 0.111. The molecule has 4 unspecified atom stereocenters. The zero-order chi connectivity index (χ0) is 16.4. The molecular formula is C17H35NO2S. The van der Waals surface area contributed by atoms with Gasteiger partial charge in [-0.3, -0.25) is 0 Å². The Bertz CT molecular complexity index is 428. The van der Waals surface area contributed by atoms with E-state index < -0.39 is 9.84 Å². The minimum Gasteiger partial charge on any atom is -0.316 e. The van der Waals surface area contributed by atoms with E-state index in [9.17, 15) is 8.42 Å².